The van der Waals surface area contributed by atoms with E-state index in [1.165, 1.54) is 115 Å². The summed E-state index contributed by atoms with van der Waals surface area (Å²) in [6.45, 7) is 7.77. The highest BCUT2D eigenvalue weighted by Crippen LogP contribution is 2.24. The summed E-state index contributed by atoms with van der Waals surface area (Å²) in [6.07, 6.45) is 28.6. The van der Waals surface area contributed by atoms with Crippen LogP contribution in [0, 0.1) is 0 Å². The second-order valence-electron chi connectivity index (χ2n) is 9.25. The molecule has 0 aromatic carbocycles. The number of likely N-dealkylation sites (tertiary alicyclic amines) is 2. The first-order valence-electron chi connectivity index (χ1n) is 12.4. The standard InChI is InChI=1S/C26H41N3/c1-4-12-25(13-5-1)29(26-14-6-2-7-15-26)21-11-10-18-27-22-16-24(17-23-27)28-19-8-3-9-20-28/h4,6,12-15,24H,1-3,5,7-11,16-23H2. The van der Waals surface area contributed by atoms with Crippen molar-refractivity contribution >= 4 is 0 Å². The van der Waals surface area contributed by atoms with Gasteiger partial charge in [-0.15, -0.1) is 0 Å². The number of rotatable bonds is 8. The molecule has 4 aliphatic rings. The Morgan fingerprint density at radius 1 is 0.759 bits per heavy atom. The molecule has 0 N–H and O–H groups in total. The lowest BCUT2D eigenvalue weighted by atomic mass is 9.99. The zero-order valence-corrected chi connectivity index (χ0v) is 18.4. The molecule has 2 fully saturated rings. The molecule has 0 atom stereocenters. The summed E-state index contributed by atoms with van der Waals surface area (Å²) in [5.74, 6) is 0. The average molecular weight is 396 g/mol. The summed E-state index contributed by atoms with van der Waals surface area (Å²) in [4.78, 5) is 8.08. The van der Waals surface area contributed by atoms with E-state index in [9.17, 15) is 0 Å². The number of allylic oxidation sites excluding steroid dienone is 6. The zero-order chi connectivity index (χ0) is 19.7. The third-order valence-corrected chi connectivity index (χ3v) is 7.14. The first kappa shape index (κ1) is 20.9. The molecule has 0 aromatic rings. The van der Waals surface area contributed by atoms with Crippen molar-refractivity contribution in [1.82, 2.24) is 14.7 Å². The first-order valence-corrected chi connectivity index (χ1v) is 12.4. The van der Waals surface area contributed by atoms with Crippen LogP contribution in [-0.4, -0.2) is 60.0 Å². The normalized spacial score (nSPS) is 24.4. The second-order valence-corrected chi connectivity index (χ2v) is 9.25. The lowest BCUT2D eigenvalue weighted by Gasteiger charge is -2.40. The van der Waals surface area contributed by atoms with Crippen LogP contribution in [0.4, 0.5) is 0 Å². The monoisotopic (exact) mass is 395 g/mol. The molecular formula is C26H41N3. The number of nitrogens with zero attached hydrogens (tertiary/aromatic N) is 3. The minimum Gasteiger partial charge on any atom is -0.342 e. The van der Waals surface area contributed by atoms with Crippen molar-refractivity contribution in [2.45, 2.75) is 76.7 Å². The Labute approximate surface area is 178 Å². The largest absolute Gasteiger partial charge is 0.342 e. The Kier molecular flexibility index (Phi) is 8.07. The van der Waals surface area contributed by atoms with E-state index in [-0.39, 0.29) is 0 Å². The van der Waals surface area contributed by atoms with E-state index in [0.29, 0.717) is 0 Å². The molecule has 29 heavy (non-hydrogen) atoms. The summed E-state index contributed by atoms with van der Waals surface area (Å²) in [6, 6.07) is 0.872. The van der Waals surface area contributed by atoms with E-state index < -0.39 is 0 Å². The molecule has 2 aliphatic heterocycles. The van der Waals surface area contributed by atoms with Crippen molar-refractivity contribution in [3.8, 4) is 0 Å². The fourth-order valence-electron chi connectivity index (χ4n) is 5.40. The van der Waals surface area contributed by atoms with E-state index in [4.69, 9.17) is 0 Å². The van der Waals surface area contributed by atoms with Gasteiger partial charge in [-0.2, -0.15) is 0 Å². The van der Waals surface area contributed by atoms with Gasteiger partial charge < -0.3 is 14.7 Å². The fourth-order valence-corrected chi connectivity index (χ4v) is 5.40. The number of unbranched alkanes of at least 4 members (excludes halogenated alkanes) is 1. The smallest absolute Gasteiger partial charge is 0.0367 e. The summed E-state index contributed by atoms with van der Waals surface area (Å²) >= 11 is 0. The van der Waals surface area contributed by atoms with Crippen LogP contribution in [-0.2, 0) is 0 Å². The van der Waals surface area contributed by atoms with Gasteiger partial charge in [0.2, 0.25) is 0 Å². The Morgan fingerprint density at radius 2 is 1.41 bits per heavy atom. The van der Waals surface area contributed by atoms with Crippen molar-refractivity contribution in [3.05, 3.63) is 47.9 Å². The SMILES string of the molecule is C1=CC(N(CCCCN2CCC(N3CCCCC3)CC2)C2=CCCC=C2)=CCC1. The van der Waals surface area contributed by atoms with Gasteiger partial charge >= 0.3 is 0 Å². The predicted octanol–water partition coefficient (Wildman–Crippen LogP) is 5.49. The molecule has 4 rings (SSSR count). The van der Waals surface area contributed by atoms with Gasteiger partial charge in [0, 0.05) is 24.0 Å². The summed E-state index contributed by atoms with van der Waals surface area (Å²) in [5, 5.41) is 0. The van der Waals surface area contributed by atoms with Crippen molar-refractivity contribution in [2.24, 2.45) is 0 Å². The highest BCUT2D eigenvalue weighted by molar-refractivity contribution is 5.31. The molecule has 2 heterocycles. The van der Waals surface area contributed by atoms with Crippen molar-refractivity contribution in [2.75, 3.05) is 39.3 Å². The molecule has 0 spiro atoms. The minimum absolute atomic E-state index is 0.872. The van der Waals surface area contributed by atoms with Crippen LogP contribution in [0.5, 0.6) is 0 Å². The molecule has 0 aromatic heterocycles. The molecule has 160 valence electrons. The van der Waals surface area contributed by atoms with Crippen LogP contribution < -0.4 is 0 Å². The number of hydrogen-bond donors (Lipinski definition) is 0. The van der Waals surface area contributed by atoms with Crippen molar-refractivity contribution < 1.29 is 0 Å². The van der Waals surface area contributed by atoms with Crippen LogP contribution in [0.2, 0.25) is 0 Å². The van der Waals surface area contributed by atoms with Gasteiger partial charge in [-0.25, -0.2) is 0 Å². The fraction of sp³-hybridized carbons (Fsp3) is 0.692. The lowest BCUT2D eigenvalue weighted by Crippen LogP contribution is -2.46. The topological polar surface area (TPSA) is 9.72 Å². The lowest BCUT2D eigenvalue weighted by molar-refractivity contribution is 0.0917. The van der Waals surface area contributed by atoms with E-state index in [0.717, 1.165) is 12.6 Å². The Morgan fingerprint density at radius 3 is 2.00 bits per heavy atom. The maximum Gasteiger partial charge on any atom is 0.0367 e. The third-order valence-electron chi connectivity index (χ3n) is 7.14. The molecule has 0 saturated carbocycles. The molecule has 2 saturated heterocycles. The Bertz CT molecular complexity index is 584. The molecule has 2 aliphatic carbocycles. The van der Waals surface area contributed by atoms with Crippen molar-refractivity contribution in [1.29, 1.82) is 0 Å². The highest BCUT2D eigenvalue weighted by Gasteiger charge is 2.25. The summed E-state index contributed by atoms with van der Waals surface area (Å²) in [7, 11) is 0. The molecule has 3 nitrogen and oxygen atoms in total. The maximum atomic E-state index is 2.79. The second kappa shape index (κ2) is 11.2. The van der Waals surface area contributed by atoms with Gasteiger partial charge in [-0.3, -0.25) is 0 Å². The first-order chi connectivity index (χ1) is 14.4. The summed E-state index contributed by atoms with van der Waals surface area (Å²) in [5.41, 5.74) is 2.83. The van der Waals surface area contributed by atoms with E-state index in [2.05, 4.69) is 51.2 Å². The highest BCUT2D eigenvalue weighted by atomic mass is 15.2. The minimum atomic E-state index is 0.872. The van der Waals surface area contributed by atoms with Crippen LogP contribution >= 0.6 is 0 Å². The summed E-state index contributed by atoms with van der Waals surface area (Å²) < 4.78 is 0. The van der Waals surface area contributed by atoms with E-state index in [1.807, 2.05) is 0 Å². The van der Waals surface area contributed by atoms with E-state index >= 15 is 0 Å². The van der Waals surface area contributed by atoms with Gasteiger partial charge in [0.25, 0.3) is 0 Å². The van der Waals surface area contributed by atoms with Crippen LogP contribution in [0.25, 0.3) is 0 Å². The molecule has 0 radical (unpaired) electrons. The van der Waals surface area contributed by atoms with Gasteiger partial charge in [-0.05, 0) is 109 Å². The van der Waals surface area contributed by atoms with Gasteiger partial charge in [0.15, 0.2) is 0 Å². The maximum absolute atomic E-state index is 2.79. The van der Waals surface area contributed by atoms with Crippen LogP contribution in [0.3, 0.4) is 0 Å². The van der Waals surface area contributed by atoms with Gasteiger partial charge in [-0.1, -0.05) is 30.7 Å². The van der Waals surface area contributed by atoms with E-state index in [1.54, 1.807) is 0 Å². The van der Waals surface area contributed by atoms with Gasteiger partial charge in [0.1, 0.15) is 0 Å². The van der Waals surface area contributed by atoms with Gasteiger partial charge in [0.05, 0.1) is 0 Å². The number of hydrogen-bond acceptors (Lipinski definition) is 3. The molecular weight excluding hydrogens is 354 g/mol. The average Bonchev–Trinajstić information content (AvgIpc) is 2.81. The third kappa shape index (κ3) is 6.08. The predicted molar refractivity (Wildman–Crippen MR) is 124 cm³/mol. The molecule has 0 unspecified atom stereocenters. The Balaban J connectivity index is 1.19. The molecule has 0 amide bonds. The molecule has 0 bridgehead atoms. The van der Waals surface area contributed by atoms with Crippen LogP contribution in [0.1, 0.15) is 70.6 Å². The van der Waals surface area contributed by atoms with Crippen LogP contribution in [0.15, 0.2) is 47.9 Å². The number of piperidine rings is 2. The Hall–Kier alpha value is -1.32. The van der Waals surface area contributed by atoms with Crippen molar-refractivity contribution in [3.63, 3.8) is 0 Å². The quantitative estimate of drug-likeness (QED) is 0.503. The zero-order valence-electron chi connectivity index (χ0n) is 18.4. The molecule has 3 heteroatoms.